The molecule has 6 heteroatoms. The average molecular weight is 389 g/mol. The molecule has 1 saturated carbocycles. The Morgan fingerprint density at radius 2 is 1.96 bits per heavy atom. The van der Waals surface area contributed by atoms with Gasteiger partial charge in [-0.3, -0.25) is 9.69 Å². The zero-order valence-electron chi connectivity index (χ0n) is 15.8. The number of ether oxygens (including phenoxy) is 2. The highest BCUT2D eigenvalue weighted by atomic mass is 35.5. The number of aromatic nitrogens is 1. The summed E-state index contributed by atoms with van der Waals surface area (Å²) in [6, 6.07) is 6.35. The van der Waals surface area contributed by atoms with E-state index in [-0.39, 0.29) is 12.1 Å². The first-order valence-corrected chi connectivity index (χ1v) is 9.73. The van der Waals surface area contributed by atoms with Crippen molar-refractivity contribution in [3.05, 3.63) is 45.7 Å². The van der Waals surface area contributed by atoms with E-state index in [1.807, 2.05) is 18.2 Å². The molecule has 1 aromatic carbocycles. The number of methoxy groups -OCH3 is 2. The summed E-state index contributed by atoms with van der Waals surface area (Å²) in [5.41, 5.74) is 1.55. The third kappa shape index (κ3) is 3.34. The fourth-order valence-corrected chi connectivity index (χ4v) is 4.77. The van der Waals surface area contributed by atoms with Gasteiger partial charge in [0.15, 0.2) is 11.5 Å². The first kappa shape index (κ1) is 18.4. The van der Waals surface area contributed by atoms with E-state index < -0.39 is 0 Å². The van der Waals surface area contributed by atoms with E-state index in [9.17, 15) is 4.79 Å². The Hall–Kier alpha value is -1.98. The van der Waals surface area contributed by atoms with Crippen LogP contribution in [0, 0.1) is 5.92 Å². The highest BCUT2D eigenvalue weighted by Crippen LogP contribution is 2.38. The minimum absolute atomic E-state index is 0.0145. The minimum atomic E-state index is -0.0145. The van der Waals surface area contributed by atoms with Crippen molar-refractivity contribution in [1.29, 1.82) is 0 Å². The molecule has 0 N–H and O–H groups in total. The van der Waals surface area contributed by atoms with Gasteiger partial charge < -0.3 is 14.0 Å². The SMILES string of the molecule is C=C(Cl)Cn1c(=O)c(CN2C[C@@H]3CC[C@@H]2C3)cc2cc(OC)c(OC)cc21. The van der Waals surface area contributed by atoms with Crippen LogP contribution in [-0.4, -0.2) is 36.3 Å². The number of pyridine rings is 1. The maximum absolute atomic E-state index is 13.2. The Balaban J connectivity index is 1.82. The Bertz CT molecular complexity index is 953. The van der Waals surface area contributed by atoms with Gasteiger partial charge in [-0.1, -0.05) is 18.2 Å². The summed E-state index contributed by atoms with van der Waals surface area (Å²) in [6.07, 6.45) is 3.84. The summed E-state index contributed by atoms with van der Waals surface area (Å²) in [4.78, 5) is 15.7. The molecule has 2 atom stereocenters. The zero-order chi connectivity index (χ0) is 19.1. The average Bonchev–Trinajstić information content (AvgIpc) is 3.27. The summed E-state index contributed by atoms with van der Waals surface area (Å²) < 4.78 is 12.5. The van der Waals surface area contributed by atoms with E-state index in [2.05, 4.69) is 11.5 Å². The maximum atomic E-state index is 13.2. The van der Waals surface area contributed by atoms with Gasteiger partial charge in [-0.15, -0.1) is 0 Å². The number of hydrogen-bond acceptors (Lipinski definition) is 4. The van der Waals surface area contributed by atoms with Crippen molar-refractivity contribution in [3.63, 3.8) is 0 Å². The molecule has 0 spiro atoms. The van der Waals surface area contributed by atoms with Gasteiger partial charge >= 0.3 is 0 Å². The summed E-state index contributed by atoms with van der Waals surface area (Å²) in [7, 11) is 3.20. The second-order valence-electron chi connectivity index (χ2n) is 7.61. The molecule has 1 aliphatic carbocycles. The summed E-state index contributed by atoms with van der Waals surface area (Å²) in [5, 5.41) is 1.36. The summed E-state index contributed by atoms with van der Waals surface area (Å²) in [5.74, 6) is 2.03. The number of hydrogen-bond donors (Lipinski definition) is 0. The van der Waals surface area contributed by atoms with Crippen LogP contribution < -0.4 is 15.0 Å². The second kappa shape index (κ2) is 7.21. The van der Waals surface area contributed by atoms with Crippen molar-refractivity contribution < 1.29 is 9.47 Å². The number of nitrogens with zero attached hydrogens (tertiary/aromatic N) is 2. The lowest BCUT2D eigenvalue weighted by atomic mass is 10.1. The quantitative estimate of drug-likeness (QED) is 0.755. The molecular formula is C21H25ClN2O3. The Labute approximate surface area is 164 Å². The van der Waals surface area contributed by atoms with E-state index in [4.69, 9.17) is 21.1 Å². The Kier molecular flexibility index (Phi) is 4.91. The third-order valence-electron chi connectivity index (χ3n) is 5.90. The van der Waals surface area contributed by atoms with Crippen LogP contribution in [0.25, 0.3) is 10.9 Å². The van der Waals surface area contributed by atoms with E-state index in [0.717, 1.165) is 28.9 Å². The lowest BCUT2D eigenvalue weighted by Crippen LogP contribution is -2.35. The molecular weight excluding hydrogens is 364 g/mol. The number of likely N-dealkylation sites (tertiary alicyclic amines) is 1. The van der Waals surface area contributed by atoms with Crippen molar-refractivity contribution in [3.8, 4) is 11.5 Å². The van der Waals surface area contributed by atoms with E-state index >= 15 is 0 Å². The highest BCUT2D eigenvalue weighted by Gasteiger charge is 2.37. The first-order chi connectivity index (χ1) is 13.0. The molecule has 1 aliphatic heterocycles. The molecule has 144 valence electrons. The lowest BCUT2D eigenvalue weighted by molar-refractivity contribution is 0.204. The van der Waals surface area contributed by atoms with Gasteiger partial charge in [0.25, 0.3) is 5.56 Å². The molecule has 2 fully saturated rings. The molecule has 0 radical (unpaired) electrons. The smallest absolute Gasteiger partial charge is 0.255 e. The number of rotatable bonds is 6. The van der Waals surface area contributed by atoms with Crippen LogP contribution in [0.2, 0.25) is 0 Å². The Morgan fingerprint density at radius 3 is 2.56 bits per heavy atom. The predicted molar refractivity (Wildman–Crippen MR) is 108 cm³/mol. The monoisotopic (exact) mass is 388 g/mol. The number of piperidine rings is 1. The van der Waals surface area contributed by atoms with E-state index in [1.165, 1.54) is 19.3 Å². The van der Waals surface area contributed by atoms with Gasteiger partial charge in [0.05, 0.1) is 26.3 Å². The molecule has 0 amide bonds. The first-order valence-electron chi connectivity index (χ1n) is 9.36. The van der Waals surface area contributed by atoms with Crippen molar-refractivity contribution in [2.24, 2.45) is 5.92 Å². The van der Waals surface area contributed by atoms with Crippen molar-refractivity contribution in [1.82, 2.24) is 9.47 Å². The van der Waals surface area contributed by atoms with Crippen LogP contribution in [0.1, 0.15) is 24.8 Å². The van der Waals surface area contributed by atoms with E-state index in [1.54, 1.807) is 18.8 Å². The van der Waals surface area contributed by atoms with Crippen LogP contribution in [0.4, 0.5) is 0 Å². The minimum Gasteiger partial charge on any atom is -0.493 e. The van der Waals surface area contributed by atoms with Crippen molar-refractivity contribution >= 4 is 22.5 Å². The number of benzene rings is 1. The summed E-state index contributed by atoms with van der Waals surface area (Å²) >= 11 is 6.07. The second-order valence-corrected chi connectivity index (χ2v) is 8.14. The predicted octanol–water partition coefficient (Wildman–Crippen LogP) is 3.76. The molecule has 27 heavy (non-hydrogen) atoms. The van der Waals surface area contributed by atoms with Gasteiger partial charge in [-0.05, 0) is 37.3 Å². The normalized spacial score (nSPS) is 21.7. The fourth-order valence-electron chi connectivity index (χ4n) is 4.65. The molecule has 2 heterocycles. The molecule has 4 rings (SSSR count). The van der Waals surface area contributed by atoms with Crippen molar-refractivity contribution in [2.45, 2.75) is 38.4 Å². The molecule has 0 unspecified atom stereocenters. The molecule has 2 bridgehead atoms. The fraction of sp³-hybridized carbons (Fsp3) is 0.476. The molecule has 2 aliphatic rings. The highest BCUT2D eigenvalue weighted by molar-refractivity contribution is 6.29. The molecule has 5 nitrogen and oxygen atoms in total. The Morgan fingerprint density at radius 1 is 1.22 bits per heavy atom. The largest absolute Gasteiger partial charge is 0.493 e. The third-order valence-corrected chi connectivity index (χ3v) is 6.02. The number of allylic oxidation sites excluding steroid dienone is 1. The van der Waals surface area contributed by atoms with Crippen LogP contribution >= 0.6 is 11.6 Å². The van der Waals surface area contributed by atoms with Crippen LogP contribution in [0.5, 0.6) is 11.5 Å². The van der Waals surface area contributed by atoms with Gasteiger partial charge in [-0.2, -0.15) is 0 Å². The maximum Gasteiger partial charge on any atom is 0.255 e. The number of halogens is 1. The number of fused-ring (bicyclic) bond motifs is 3. The van der Waals surface area contributed by atoms with Crippen molar-refractivity contribution in [2.75, 3.05) is 20.8 Å². The van der Waals surface area contributed by atoms with Gasteiger partial charge in [-0.25, -0.2) is 0 Å². The van der Waals surface area contributed by atoms with Crippen LogP contribution in [-0.2, 0) is 13.1 Å². The standard InChI is InChI=1S/C21H25ClN2O3/c1-13(22)10-24-18-9-20(27-3)19(26-2)8-15(18)7-16(21(24)25)12-23-11-14-4-5-17(23)6-14/h7-9,14,17H,1,4-6,10-12H2,2-3H3/t14-,17-/m1/s1. The zero-order valence-corrected chi connectivity index (χ0v) is 16.6. The van der Waals surface area contributed by atoms with E-state index in [0.29, 0.717) is 29.1 Å². The summed E-state index contributed by atoms with van der Waals surface area (Å²) in [6.45, 7) is 5.82. The molecule has 1 saturated heterocycles. The lowest BCUT2D eigenvalue weighted by Gasteiger charge is -2.27. The van der Waals surface area contributed by atoms with Gasteiger partial charge in [0.1, 0.15) is 0 Å². The molecule has 1 aromatic heterocycles. The topological polar surface area (TPSA) is 43.7 Å². The van der Waals surface area contributed by atoms with Crippen LogP contribution in [0.15, 0.2) is 34.6 Å². The van der Waals surface area contributed by atoms with Crippen LogP contribution in [0.3, 0.4) is 0 Å². The van der Waals surface area contributed by atoms with Gasteiger partial charge in [0, 0.05) is 41.2 Å². The van der Waals surface area contributed by atoms with Gasteiger partial charge in [0.2, 0.25) is 0 Å². The molecule has 2 aromatic rings.